The first-order valence-corrected chi connectivity index (χ1v) is 6.61. The topological polar surface area (TPSA) is 54.1 Å². The highest BCUT2D eigenvalue weighted by Gasteiger charge is 2.30. The fourth-order valence-electron chi connectivity index (χ4n) is 2.09. The third-order valence-corrected chi connectivity index (χ3v) is 3.79. The average molecular weight is 248 g/mol. The van der Waals surface area contributed by atoms with Crippen LogP contribution in [0.4, 0.5) is 0 Å². The Bertz CT molecular complexity index is 351. The van der Waals surface area contributed by atoms with E-state index in [4.69, 9.17) is 10.5 Å². The van der Waals surface area contributed by atoms with Crippen molar-refractivity contribution in [3.05, 3.63) is 0 Å². The molecule has 0 amide bonds. The fourth-order valence-corrected chi connectivity index (χ4v) is 2.09. The Morgan fingerprint density at radius 3 is 1.94 bits per heavy atom. The van der Waals surface area contributed by atoms with Gasteiger partial charge in [0, 0.05) is 26.2 Å². The van der Waals surface area contributed by atoms with E-state index >= 15 is 0 Å². The van der Waals surface area contributed by atoms with E-state index in [0.29, 0.717) is 0 Å². The van der Waals surface area contributed by atoms with Crippen molar-refractivity contribution in [2.75, 3.05) is 32.7 Å². The highest BCUT2D eigenvalue weighted by molar-refractivity contribution is 5.03. The van der Waals surface area contributed by atoms with Gasteiger partial charge >= 0.3 is 0 Å². The average Bonchev–Trinajstić information content (AvgIpc) is 2.37. The van der Waals surface area contributed by atoms with E-state index in [0.717, 1.165) is 39.1 Å². The van der Waals surface area contributed by atoms with Crippen LogP contribution >= 0.6 is 0 Å². The number of hydrogen-bond donors (Lipinski definition) is 0. The normalized spacial score (nSPS) is 19.2. The van der Waals surface area contributed by atoms with Gasteiger partial charge in [0.25, 0.3) is 0 Å². The second-order valence-electron chi connectivity index (χ2n) is 6.25. The van der Waals surface area contributed by atoms with Crippen LogP contribution < -0.4 is 0 Å². The van der Waals surface area contributed by atoms with Gasteiger partial charge in [0.15, 0.2) is 0 Å². The second-order valence-corrected chi connectivity index (χ2v) is 6.25. The summed E-state index contributed by atoms with van der Waals surface area (Å²) < 4.78 is 0. The zero-order valence-electron chi connectivity index (χ0n) is 12.0. The van der Waals surface area contributed by atoms with Crippen LogP contribution in [0.1, 0.15) is 34.1 Å². The van der Waals surface area contributed by atoms with Crippen LogP contribution in [0.3, 0.4) is 0 Å². The SMILES string of the molecule is CC(C)(C#N)CCN1CCN(C(C)(C)C#N)CC1. The van der Waals surface area contributed by atoms with Crippen molar-refractivity contribution in [3.8, 4) is 12.1 Å². The summed E-state index contributed by atoms with van der Waals surface area (Å²) in [5, 5.41) is 18.1. The van der Waals surface area contributed by atoms with E-state index in [1.165, 1.54) is 0 Å². The minimum Gasteiger partial charge on any atom is -0.301 e. The lowest BCUT2D eigenvalue weighted by Gasteiger charge is -2.40. The Morgan fingerprint density at radius 1 is 0.944 bits per heavy atom. The maximum absolute atomic E-state index is 9.11. The second kappa shape index (κ2) is 5.69. The van der Waals surface area contributed by atoms with Gasteiger partial charge in [-0.05, 0) is 40.7 Å². The lowest BCUT2D eigenvalue weighted by molar-refractivity contribution is 0.0758. The Labute approximate surface area is 111 Å². The lowest BCUT2D eigenvalue weighted by atomic mass is 9.91. The smallest absolute Gasteiger partial charge is 0.103 e. The first kappa shape index (κ1) is 15.0. The Morgan fingerprint density at radius 2 is 1.50 bits per heavy atom. The van der Waals surface area contributed by atoms with Gasteiger partial charge in [-0.25, -0.2) is 0 Å². The molecule has 0 aromatic heterocycles. The van der Waals surface area contributed by atoms with E-state index < -0.39 is 0 Å². The molecule has 0 spiro atoms. The first-order valence-electron chi connectivity index (χ1n) is 6.61. The molecule has 0 radical (unpaired) electrons. The summed E-state index contributed by atoms with van der Waals surface area (Å²) in [6, 6.07) is 4.70. The molecule has 1 saturated heterocycles. The van der Waals surface area contributed by atoms with Crippen molar-refractivity contribution in [2.45, 2.75) is 39.7 Å². The first-order chi connectivity index (χ1) is 8.30. The summed E-state index contributed by atoms with van der Waals surface area (Å²) in [6.07, 6.45) is 0.908. The summed E-state index contributed by atoms with van der Waals surface area (Å²) in [5.74, 6) is 0. The molecule has 18 heavy (non-hydrogen) atoms. The third-order valence-electron chi connectivity index (χ3n) is 3.79. The molecule has 1 aliphatic rings. The number of nitriles is 2. The predicted octanol–water partition coefficient (Wildman–Crippen LogP) is 1.85. The van der Waals surface area contributed by atoms with Gasteiger partial charge in [-0.3, -0.25) is 4.90 Å². The molecule has 1 fully saturated rings. The van der Waals surface area contributed by atoms with E-state index in [1.54, 1.807) is 0 Å². The van der Waals surface area contributed by atoms with Crippen molar-refractivity contribution in [2.24, 2.45) is 5.41 Å². The van der Waals surface area contributed by atoms with Crippen molar-refractivity contribution >= 4 is 0 Å². The van der Waals surface area contributed by atoms with Crippen LogP contribution in [0.2, 0.25) is 0 Å². The van der Waals surface area contributed by atoms with E-state index in [1.807, 2.05) is 27.7 Å². The maximum atomic E-state index is 9.11. The van der Waals surface area contributed by atoms with Gasteiger partial charge in [-0.2, -0.15) is 10.5 Å². The predicted molar refractivity (Wildman–Crippen MR) is 71.7 cm³/mol. The van der Waals surface area contributed by atoms with Gasteiger partial charge in [-0.1, -0.05) is 0 Å². The van der Waals surface area contributed by atoms with E-state index in [-0.39, 0.29) is 11.0 Å². The van der Waals surface area contributed by atoms with Crippen LogP contribution in [0.15, 0.2) is 0 Å². The Kier molecular flexibility index (Phi) is 4.73. The highest BCUT2D eigenvalue weighted by atomic mass is 15.3. The fraction of sp³-hybridized carbons (Fsp3) is 0.857. The van der Waals surface area contributed by atoms with Crippen LogP contribution in [-0.4, -0.2) is 48.1 Å². The summed E-state index contributed by atoms with van der Waals surface area (Å²) in [4.78, 5) is 4.63. The molecule has 0 bridgehead atoms. The zero-order chi connectivity index (χ0) is 13.8. The summed E-state index contributed by atoms with van der Waals surface area (Å²) in [7, 11) is 0. The molecule has 0 atom stereocenters. The van der Waals surface area contributed by atoms with Crippen LogP contribution in [-0.2, 0) is 0 Å². The van der Waals surface area contributed by atoms with E-state index in [9.17, 15) is 0 Å². The van der Waals surface area contributed by atoms with Gasteiger partial charge in [0.2, 0.25) is 0 Å². The number of rotatable bonds is 4. The molecular formula is C14H24N4. The van der Waals surface area contributed by atoms with E-state index in [2.05, 4.69) is 21.9 Å². The number of nitrogens with zero attached hydrogens (tertiary/aromatic N) is 4. The molecule has 1 aliphatic heterocycles. The molecule has 0 N–H and O–H groups in total. The quantitative estimate of drug-likeness (QED) is 0.762. The van der Waals surface area contributed by atoms with Gasteiger partial charge in [0.1, 0.15) is 5.54 Å². The third kappa shape index (κ3) is 3.98. The molecule has 100 valence electrons. The van der Waals surface area contributed by atoms with Crippen molar-refractivity contribution in [3.63, 3.8) is 0 Å². The van der Waals surface area contributed by atoms with Crippen LogP contribution in [0.25, 0.3) is 0 Å². The van der Waals surface area contributed by atoms with Crippen molar-refractivity contribution in [1.29, 1.82) is 10.5 Å². The minimum atomic E-state index is -0.363. The molecule has 0 saturated carbocycles. The highest BCUT2D eigenvalue weighted by Crippen LogP contribution is 2.20. The van der Waals surface area contributed by atoms with Gasteiger partial charge < -0.3 is 4.90 Å². The molecule has 4 nitrogen and oxygen atoms in total. The molecule has 0 unspecified atom stereocenters. The molecule has 0 aromatic rings. The molecular weight excluding hydrogens is 224 g/mol. The number of piperazine rings is 1. The zero-order valence-corrected chi connectivity index (χ0v) is 12.0. The van der Waals surface area contributed by atoms with Crippen LogP contribution in [0, 0.1) is 28.1 Å². The summed E-state index contributed by atoms with van der Waals surface area (Å²) >= 11 is 0. The van der Waals surface area contributed by atoms with Gasteiger partial charge in [-0.15, -0.1) is 0 Å². The van der Waals surface area contributed by atoms with Crippen molar-refractivity contribution in [1.82, 2.24) is 9.80 Å². The standard InChI is InChI=1S/C14H24N4/c1-13(2,11-15)5-6-17-7-9-18(10-8-17)14(3,4)12-16/h5-10H2,1-4H3. The maximum Gasteiger partial charge on any atom is 0.103 e. The largest absolute Gasteiger partial charge is 0.301 e. The van der Waals surface area contributed by atoms with Gasteiger partial charge in [0.05, 0.1) is 17.6 Å². The Balaban J connectivity index is 2.38. The summed E-state index contributed by atoms with van der Waals surface area (Å²) in [6.45, 7) is 12.8. The minimum absolute atomic E-state index is 0.233. The van der Waals surface area contributed by atoms with Crippen molar-refractivity contribution < 1.29 is 0 Å². The monoisotopic (exact) mass is 248 g/mol. The molecule has 0 aromatic carbocycles. The van der Waals surface area contributed by atoms with Crippen LogP contribution in [0.5, 0.6) is 0 Å². The summed E-state index contributed by atoms with van der Waals surface area (Å²) in [5.41, 5.74) is -0.596. The molecule has 1 heterocycles. The lowest BCUT2D eigenvalue weighted by Crippen LogP contribution is -2.54. The Hall–Kier alpha value is -1.10. The molecule has 1 rings (SSSR count). The molecule has 4 heteroatoms. The number of hydrogen-bond acceptors (Lipinski definition) is 4. The molecule has 0 aliphatic carbocycles.